The number of aliphatic carboxylic acids is 1. The van der Waals surface area contributed by atoms with Crippen LogP contribution in [0.2, 0.25) is 0 Å². The summed E-state index contributed by atoms with van der Waals surface area (Å²) in [6.07, 6.45) is 6.51. The van der Waals surface area contributed by atoms with E-state index < -0.39 is 5.97 Å². The van der Waals surface area contributed by atoms with Crippen LogP contribution in [0.4, 0.5) is 0 Å². The van der Waals surface area contributed by atoms with E-state index in [0.29, 0.717) is 13.0 Å². The van der Waals surface area contributed by atoms with Gasteiger partial charge in [0.2, 0.25) is 5.91 Å². The molecule has 1 unspecified atom stereocenters. The van der Waals surface area contributed by atoms with Gasteiger partial charge < -0.3 is 14.7 Å². The predicted molar refractivity (Wildman–Crippen MR) is 74.4 cm³/mol. The van der Waals surface area contributed by atoms with Crippen LogP contribution in [-0.4, -0.2) is 48.2 Å². The van der Waals surface area contributed by atoms with E-state index in [1.54, 1.807) is 11.9 Å². The van der Waals surface area contributed by atoms with Crippen LogP contribution < -0.4 is 0 Å². The molecule has 114 valence electrons. The van der Waals surface area contributed by atoms with E-state index >= 15 is 0 Å². The van der Waals surface area contributed by atoms with Gasteiger partial charge in [0.15, 0.2) is 0 Å². The second-order valence-corrected chi connectivity index (χ2v) is 6.36. The largest absolute Gasteiger partial charge is 0.481 e. The molecule has 1 saturated heterocycles. The number of amides is 1. The van der Waals surface area contributed by atoms with Crippen LogP contribution in [0.3, 0.4) is 0 Å². The molecular formula is C15H25NO4. The smallest absolute Gasteiger partial charge is 0.303 e. The van der Waals surface area contributed by atoms with Gasteiger partial charge in [-0.15, -0.1) is 0 Å². The SMILES string of the molecule is CN(CC1CCCO1)C(=O)CC1(CC(=O)O)CCCC1. The van der Waals surface area contributed by atoms with E-state index in [-0.39, 0.29) is 23.8 Å². The minimum absolute atomic E-state index is 0.0589. The van der Waals surface area contributed by atoms with Crippen molar-refractivity contribution in [3.05, 3.63) is 0 Å². The molecule has 1 heterocycles. The second kappa shape index (κ2) is 6.57. The number of hydrogen-bond donors (Lipinski definition) is 1. The zero-order valence-corrected chi connectivity index (χ0v) is 12.3. The number of carboxylic acids is 1. The minimum atomic E-state index is -0.790. The van der Waals surface area contributed by atoms with Gasteiger partial charge in [0.25, 0.3) is 0 Å². The van der Waals surface area contributed by atoms with E-state index in [1.165, 1.54) is 0 Å². The summed E-state index contributed by atoms with van der Waals surface area (Å²) in [4.78, 5) is 25.1. The summed E-state index contributed by atoms with van der Waals surface area (Å²) in [6, 6.07) is 0. The highest BCUT2D eigenvalue weighted by Crippen LogP contribution is 2.44. The Balaban J connectivity index is 1.88. The molecular weight excluding hydrogens is 258 g/mol. The molecule has 20 heavy (non-hydrogen) atoms. The Hall–Kier alpha value is -1.10. The number of nitrogens with zero attached hydrogens (tertiary/aromatic N) is 1. The van der Waals surface area contributed by atoms with Crippen molar-refractivity contribution in [1.29, 1.82) is 0 Å². The van der Waals surface area contributed by atoms with Gasteiger partial charge in [0.1, 0.15) is 0 Å². The summed E-state index contributed by atoms with van der Waals surface area (Å²) in [7, 11) is 1.80. The molecule has 1 amide bonds. The van der Waals surface area contributed by atoms with E-state index in [0.717, 1.165) is 45.1 Å². The van der Waals surface area contributed by atoms with Crippen LogP contribution in [0, 0.1) is 5.41 Å². The van der Waals surface area contributed by atoms with E-state index in [4.69, 9.17) is 9.84 Å². The Morgan fingerprint density at radius 1 is 1.25 bits per heavy atom. The Bertz CT molecular complexity index is 357. The Labute approximate surface area is 120 Å². The van der Waals surface area contributed by atoms with E-state index in [9.17, 15) is 9.59 Å². The van der Waals surface area contributed by atoms with Gasteiger partial charge in [-0.3, -0.25) is 9.59 Å². The lowest BCUT2D eigenvalue weighted by atomic mass is 9.79. The summed E-state index contributed by atoms with van der Waals surface area (Å²) >= 11 is 0. The quantitative estimate of drug-likeness (QED) is 0.810. The van der Waals surface area contributed by atoms with Gasteiger partial charge >= 0.3 is 5.97 Å². The summed E-state index contributed by atoms with van der Waals surface area (Å²) in [5.41, 5.74) is -0.312. The van der Waals surface area contributed by atoms with Crippen LogP contribution in [0.25, 0.3) is 0 Å². The second-order valence-electron chi connectivity index (χ2n) is 6.36. The summed E-state index contributed by atoms with van der Waals surface area (Å²) < 4.78 is 5.55. The Kier molecular flexibility index (Phi) is 5.02. The molecule has 0 aromatic rings. The third-order valence-electron chi connectivity index (χ3n) is 4.64. The lowest BCUT2D eigenvalue weighted by Gasteiger charge is -2.29. The van der Waals surface area contributed by atoms with Crippen molar-refractivity contribution in [1.82, 2.24) is 4.90 Å². The topological polar surface area (TPSA) is 66.8 Å². The summed E-state index contributed by atoms with van der Waals surface area (Å²) in [5.74, 6) is -0.731. The molecule has 1 saturated carbocycles. The zero-order chi connectivity index (χ0) is 14.6. The zero-order valence-electron chi connectivity index (χ0n) is 12.3. The molecule has 2 aliphatic rings. The maximum atomic E-state index is 12.4. The molecule has 1 aliphatic heterocycles. The highest BCUT2D eigenvalue weighted by atomic mass is 16.5. The first-order valence-corrected chi connectivity index (χ1v) is 7.58. The van der Waals surface area contributed by atoms with Gasteiger partial charge in [-0.1, -0.05) is 12.8 Å². The molecule has 5 heteroatoms. The van der Waals surface area contributed by atoms with Crippen molar-refractivity contribution in [2.75, 3.05) is 20.2 Å². The molecule has 1 aliphatic carbocycles. The number of rotatable bonds is 6. The molecule has 0 bridgehead atoms. The number of ether oxygens (including phenoxy) is 1. The van der Waals surface area contributed by atoms with Crippen LogP contribution in [-0.2, 0) is 14.3 Å². The highest BCUT2D eigenvalue weighted by molar-refractivity contribution is 5.78. The molecule has 0 spiro atoms. The summed E-state index contributed by atoms with van der Waals surface area (Å²) in [6.45, 7) is 1.41. The van der Waals surface area contributed by atoms with Crippen molar-refractivity contribution >= 4 is 11.9 Å². The van der Waals surface area contributed by atoms with Crippen LogP contribution in [0.5, 0.6) is 0 Å². The third kappa shape index (κ3) is 3.95. The summed E-state index contributed by atoms with van der Waals surface area (Å²) in [5, 5.41) is 9.08. The fourth-order valence-electron chi connectivity index (χ4n) is 3.51. The lowest BCUT2D eigenvalue weighted by Crippen LogP contribution is -2.37. The number of likely N-dealkylation sites (N-methyl/N-ethyl adjacent to an activating group) is 1. The number of carboxylic acid groups (broad SMARTS) is 1. The average Bonchev–Trinajstić information content (AvgIpc) is 3.00. The maximum absolute atomic E-state index is 12.4. The maximum Gasteiger partial charge on any atom is 0.303 e. The molecule has 2 fully saturated rings. The first-order valence-electron chi connectivity index (χ1n) is 7.58. The van der Waals surface area contributed by atoms with Gasteiger partial charge in [-0.25, -0.2) is 0 Å². The first kappa shape index (κ1) is 15.3. The predicted octanol–water partition coefficient (Wildman–Crippen LogP) is 2.05. The fraction of sp³-hybridized carbons (Fsp3) is 0.867. The van der Waals surface area contributed by atoms with Crippen molar-refractivity contribution in [3.8, 4) is 0 Å². The molecule has 0 radical (unpaired) electrons. The molecule has 1 atom stereocenters. The van der Waals surface area contributed by atoms with E-state index in [2.05, 4.69) is 0 Å². The van der Waals surface area contributed by atoms with Crippen molar-refractivity contribution in [2.24, 2.45) is 5.41 Å². The third-order valence-corrected chi connectivity index (χ3v) is 4.64. The van der Waals surface area contributed by atoms with Gasteiger partial charge in [-0.2, -0.15) is 0 Å². The number of hydrogen-bond acceptors (Lipinski definition) is 3. The van der Waals surface area contributed by atoms with Crippen LogP contribution >= 0.6 is 0 Å². The van der Waals surface area contributed by atoms with Crippen molar-refractivity contribution < 1.29 is 19.4 Å². The standard InChI is InChI=1S/C15H25NO4/c1-16(11-12-5-4-8-20-12)13(17)9-15(10-14(18)19)6-2-3-7-15/h12H,2-11H2,1H3,(H,18,19). The molecule has 0 aromatic heterocycles. The lowest BCUT2D eigenvalue weighted by molar-refractivity contribution is -0.141. The van der Waals surface area contributed by atoms with Crippen molar-refractivity contribution in [3.63, 3.8) is 0 Å². The molecule has 0 aromatic carbocycles. The minimum Gasteiger partial charge on any atom is -0.481 e. The number of carbonyl (C=O) groups is 2. The van der Waals surface area contributed by atoms with Crippen LogP contribution in [0.1, 0.15) is 51.4 Å². The highest BCUT2D eigenvalue weighted by Gasteiger charge is 2.38. The molecule has 5 nitrogen and oxygen atoms in total. The Morgan fingerprint density at radius 2 is 1.95 bits per heavy atom. The molecule has 1 N–H and O–H groups in total. The van der Waals surface area contributed by atoms with Gasteiger partial charge in [-0.05, 0) is 31.1 Å². The normalized spacial score (nSPS) is 24.8. The van der Waals surface area contributed by atoms with Gasteiger partial charge in [0, 0.05) is 26.6 Å². The van der Waals surface area contributed by atoms with Crippen molar-refractivity contribution in [2.45, 2.75) is 57.5 Å². The first-order chi connectivity index (χ1) is 9.51. The van der Waals surface area contributed by atoms with E-state index in [1.807, 2.05) is 0 Å². The monoisotopic (exact) mass is 283 g/mol. The van der Waals surface area contributed by atoms with Crippen LogP contribution in [0.15, 0.2) is 0 Å². The number of carbonyl (C=O) groups excluding carboxylic acids is 1. The Morgan fingerprint density at radius 3 is 2.50 bits per heavy atom. The average molecular weight is 283 g/mol. The molecule has 2 rings (SSSR count). The van der Waals surface area contributed by atoms with Gasteiger partial charge in [0.05, 0.1) is 12.5 Å². The fourth-order valence-corrected chi connectivity index (χ4v) is 3.51.